The molecule has 0 saturated heterocycles. The maximum atomic E-state index is 13.2. The van der Waals surface area contributed by atoms with Gasteiger partial charge in [0, 0.05) is 12.8 Å². The number of ether oxygens (including phenoxy) is 2. The molecule has 0 heterocycles. The van der Waals surface area contributed by atoms with Gasteiger partial charge in [0.15, 0.2) is 6.61 Å². The van der Waals surface area contributed by atoms with Crippen molar-refractivity contribution in [3.05, 3.63) is 0 Å². The van der Waals surface area contributed by atoms with Crippen molar-refractivity contribution in [1.82, 2.24) is 0 Å². The molecule has 0 aromatic rings. The van der Waals surface area contributed by atoms with Crippen molar-refractivity contribution in [1.29, 1.82) is 0 Å². The third-order valence-electron chi connectivity index (χ3n) is 4.34. The lowest BCUT2D eigenvalue weighted by Crippen LogP contribution is -2.59. The van der Waals surface area contributed by atoms with Gasteiger partial charge in [0.05, 0.1) is 6.61 Å². The molecule has 0 unspecified atom stereocenters. The number of carbonyl (C=O) groups is 2. The molecule has 0 atom stereocenters. The smallest absolute Gasteiger partial charge is 0.381 e. The molecule has 0 aliphatic rings. The van der Waals surface area contributed by atoms with Crippen LogP contribution in [0.4, 0.5) is 35.1 Å². The van der Waals surface area contributed by atoms with Crippen LogP contribution in [0.2, 0.25) is 0 Å². The highest BCUT2D eigenvalue weighted by Gasteiger charge is 2.75. The summed E-state index contributed by atoms with van der Waals surface area (Å²) in [6, 6.07) is 0. The van der Waals surface area contributed by atoms with Crippen LogP contribution < -0.4 is 0 Å². The Morgan fingerprint density at radius 3 is 1.74 bits per heavy atom. The first kappa shape index (κ1) is 29.4. The van der Waals surface area contributed by atoms with Crippen LogP contribution in [0.15, 0.2) is 0 Å². The number of esters is 2. The van der Waals surface area contributed by atoms with Crippen LogP contribution in [0.5, 0.6) is 0 Å². The molecule has 31 heavy (non-hydrogen) atoms. The molecule has 0 aliphatic heterocycles. The Morgan fingerprint density at radius 1 is 0.742 bits per heavy atom. The van der Waals surface area contributed by atoms with E-state index in [-0.39, 0.29) is 25.9 Å². The quantitative estimate of drug-likeness (QED) is 0.144. The molecule has 0 aromatic carbocycles. The third kappa shape index (κ3) is 10.0. The molecule has 0 spiro atoms. The Kier molecular flexibility index (Phi) is 13.0. The van der Waals surface area contributed by atoms with Gasteiger partial charge in [0.1, 0.15) is 0 Å². The molecule has 0 aromatic heterocycles. The summed E-state index contributed by atoms with van der Waals surface area (Å²) >= 11 is 0. The van der Waals surface area contributed by atoms with Crippen LogP contribution in [0.1, 0.15) is 71.1 Å². The molecule has 0 radical (unpaired) electrons. The second kappa shape index (κ2) is 13.7. The van der Waals surface area contributed by atoms with Crippen molar-refractivity contribution < 1.29 is 54.2 Å². The van der Waals surface area contributed by atoms with E-state index in [1.807, 2.05) is 0 Å². The second-order valence-corrected chi connectivity index (χ2v) is 7.06. The van der Waals surface area contributed by atoms with E-state index >= 15 is 0 Å². The summed E-state index contributed by atoms with van der Waals surface area (Å²) in [6.45, 7) is -0.144. The largest absolute Gasteiger partial charge is 0.466 e. The number of alkyl halides is 8. The van der Waals surface area contributed by atoms with Crippen LogP contribution >= 0.6 is 0 Å². The van der Waals surface area contributed by atoms with E-state index in [9.17, 15) is 44.7 Å². The molecule has 0 aliphatic carbocycles. The zero-order valence-electron chi connectivity index (χ0n) is 17.2. The van der Waals surface area contributed by atoms with Gasteiger partial charge in [-0.05, 0) is 19.3 Å². The van der Waals surface area contributed by atoms with E-state index in [4.69, 9.17) is 4.74 Å². The van der Waals surface area contributed by atoms with Crippen LogP contribution in [0, 0.1) is 0 Å². The molecule has 0 amide bonds. The van der Waals surface area contributed by atoms with Crippen molar-refractivity contribution in [3.8, 4) is 0 Å². The zero-order valence-corrected chi connectivity index (χ0v) is 17.2. The lowest BCUT2D eigenvalue weighted by atomic mass is 10.1. The van der Waals surface area contributed by atoms with Gasteiger partial charge in [0.2, 0.25) is 0 Å². The van der Waals surface area contributed by atoms with Crippen molar-refractivity contribution in [3.63, 3.8) is 0 Å². The zero-order chi connectivity index (χ0) is 24.1. The minimum Gasteiger partial charge on any atom is -0.466 e. The highest BCUT2D eigenvalue weighted by atomic mass is 19.4. The highest BCUT2D eigenvalue weighted by Crippen LogP contribution is 2.48. The van der Waals surface area contributed by atoms with E-state index in [1.165, 1.54) is 0 Å². The first-order valence-corrected chi connectivity index (χ1v) is 10.0. The SMILES string of the molecule is CCCCCCCCOC(=O)CCCCC(=O)OCC(F)(F)C(F)(F)C(F)(F)C(F)F. The summed E-state index contributed by atoms with van der Waals surface area (Å²) < 4.78 is 111. The van der Waals surface area contributed by atoms with Crippen LogP contribution in [0.25, 0.3) is 0 Å². The molecule has 12 heteroatoms. The van der Waals surface area contributed by atoms with E-state index in [1.54, 1.807) is 0 Å². The van der Waals surface area contributed by atoms with Crippen LogP contribution in [0.3, 0.4) is 0 Å². The van der Waals surface area contributed by atoms with Crippen molar-refractivity contribution in [2.75, 3.05) is 13.2 Å². The van der Waals surface area contributed by atoms with E-state index in [2.05, 4.69) is 11.7 Å². The van der Waals surface area contributed by atoms with Gasteiger partial charge >= 0.3 is 36.1 Å². The summed E-state index contributed by atoms with van der Waals surface area (Å²) in [4.78, 5) is 22.8. The minimum atomic E-state index is -6.42. The Balaban J connectivity index is 4.08. The molecule has 0 N–H and O–H groups in total. The van der Waals surface area contributed by atoms with E-state index in [0.29, 0.717) is 6.42 Å². The Bertz CT molecular complexity index is 541. The van der Waals surface area contributed by atoms with E-state index < -0.39 is 49.2 Å². The van der Waals surface area contributed by atoms with Crippen LogP contribution in [-0.4, -0.2) is 49.3 Å². The maximum absolute atomic E-state index is 13.2. The summed E-state index contributed by atoms with van der Waals surface area (Å²) in [6.07, 6.45) is 0.450. The fourth-order valence-electron chi connectivity index (χ4n) is 2.39. The van der Waals surface area contributed by atoms with Crippen molar-refractivity contribution in [2.45, 2.75) is 95.3 Å². The van der Waals surface area contributed by atoms with Crippen molar-refractivity contribution >= 4 is 11.9 Å². The van der Waals surface area contributed by atoms with Crippen molar-refractivity contribution in [2.24, 2.45) is 0 Å². The van der Waals surface area contributed by atoms with Gasteiger partial charge in [-0.3, -0.25) is 9.59 Å². The predicted molar refractivity (Wildman–Crippen MR) is 94.6 cm³/mol. The van der Waals surface area contributed by atoms with Gasteiger partial charge in [-0.25, -0.2) is 8.78 Å². The monoisotopic (exact) mass is 472 g/mol. The first-order valence-electron chi connectivity index (χ1n) is 10.0. The normalized spacial score (nSPS) is 12.8. The number of carbonyl (C=O) groups excluding carboxylic acids is 2. The Hall–Kier alpha value is -1.62. The molecular weight excluding hydrogens is 444 g/mol. The maximum Gasteiger partial charge on any atom is 0.381 e. The standard InChI is InChI=1S/C19H28F8O4/c1-2-3-4-5-6-9-12-30-14(28)10-7-8-11-15(29)31-13-17(22,23)19(26,27)18(24,25)16(20)21/h16H,2-13H2,1H3. The molecular formula is C19H28F8O4. The fraction of sp³-hybridized carbons (Fsp3) is 0.895. The molecule has 0 rings (SSSR count). The summed E-state index contributed by atoms with van der Waals surface area (Å²) in [5.41, 5.74) is 0. The second-order valence-electron chi connectivity index (χ2n) is 7.06. The molecule has 0 saturated carbocycles. The van der Waals surface area contributed by atoms with E-state index in [0.717, 1.165) is 32.1 Å². The Morgan fingerprint density at radius 2 is 1.23 bits per heavy atom. The summed E-state index contributed by atoms with van der Waals surface area (Å²) in [5.74, 6) is -20.4. The van der Waals surface area contributed by atoms with Gasteiger partial charge in [0.25, 0.3) is 0 Å². The number of rotatable bonds is 17. The number of hydrogen-bond donors (Lipinski definition) is 0. The summed E-state index contributed by atoms with van der Waals surface area (Å²) in [7, 11) is 0. The lowest BCUT2D eigenvalue weighted by molar-refractivity contribution is -0.344. The van der Waals surface area contributed by atoms with Gasteiger partial charge in [-0.15, -0.1) is 0 Å². The van der Waals surface area contributed by atoms with Gasteiger partial charge in [-0.2, -0.15) is 26.3 Å². The predicted octanol–water partition coefficient (Wildman–Crippen LogP) is 6.16. The summed E-state index contributed by atoms with van der Waals surface area (Å²) in [5, 5.41) is 0. The van der Waals surface area contributed by atoms with Gasteiger partial charge in [-0.1, -0.05) is 39.0 Å². The number of hydrogen-bond acceptors (Lipinski definition) is 4. The van der Waals surface area contributed by atoms with Gasteiger partial charge < -0.3 is 9.47 Å². The molecule has 0 bridgehead atoms. The van der Waals surface area contributed by atoms with Crippen LogP contribution in [-0.2, 0) is 19.1 Å². The molecule has 0 fully saturated rings. The average Bonchev–Trinajstić information content (AvgIpc) is 2.68. The topological polar surface area (TPSA) is 52.6 Å². The molecule has 184 valence electrons. The highest BCUT2D eigenvalue weighted by molar-refractivity contribution is 5.70. The minimum absolute atomic E-state index is 0.0416. The first-order chi connectivity index (χ1) is 14.3. The third-order valence-corrected chi connectivity index (χ3v) is 4.34. The number of halogens is 8. The average molecular weight is 472 g/mol. The Labute approximate surface area is 175 Å². The number of unbranched alkanes of at least 4 members (excludes halogenated alkanes) is 6. The molecule has 4 nitrogen and oxygen atoms in total. The lowest BCUT2D eigenvalue weighted by Gasteiger charge is -2.31. The fourth-order valence-corrected chi connectivity index (χ4v) is 2.39.